The molecule has 0 aliphatic carbocycles. The Morgan fingerprint density at radius 2 is 1.74 bits per heavy atom. The third kappa shape index (κ3) is 6.60. The standard InChI is InChI=1S/C21H25ClN2O2S/c1-3-19(21(26)23-4-2)24(14-16-8-6-5-7-9-16)20(25)15-27-18-12-10-17(22)11-13-18/h5-13,19H,3-4,14-15H2,1-2H3,(H,23,26). The smallest absolute Gasteiger partial charge is 0.242 e. The highest BCUT2D eigenvalue weighted by atomic mass is 35.5. The molecule has 2 aromatic rings. The highest BCUT2D eigenvalue weighted by molar-refractivity contribution is 8.00. The minimum absolute atomic E-state index is 0.0584. The molecule has 4 nitrogen and oxygen atoms in total. The monoisotopic (exact) mass is 404 g/mol. The highest BCUT2D eigenvalue weighted by Gasteiger charge is 2.28. The summed E-state index contributed by atoms with van der Waals surface area (Å²) in [5.74, 6) is 0.0994. The van der Waals surface area contributed by atoms with Gasteiger partial charge in [0.05, 0.1) is 5.75 Å². The summed E-state index contributed by atoms with van der Waals surface area (Å²) in [4.78, 5) is 28.1. The molecule has 27 heavy (non-hydrogen) atoms. The summed E-state index contributed by atoms with van der Waals surface area (Å²) in [5.41, 5.74) is 1.00. The van der Waals surface area contributed by atoms with Crippen LogP contribution in [0.25, 0.3) is 0 Å². The maximum absolute atomic E-state index is 13.0. The molecule has 144 valence electrons. The van der Waals surface area contributed by atoms with Gasteiger partial charge in [-0.25, -0.2) is 0 Å². The maximum Gasteiger partial charge on any atom is 0.242 e. The summed E-state index contributed by atoms with van der Waals surface area (Å²) < 4.78 is 0. The van der Waals surface area contributed by atoms with Crippen molar-refractivity contribution in [1.82, 2.24) is 10.2 Å². The van der Waals surface area contributed by atoms with Crippen LogP contribution in [0.2, 0.25) is 5.02 Å². The van der Waals surface area contributed by atoms with E-state index in [9.17, 15) is 9.59 Å². The number of nitrogens with one attached hydrogen (secondary N) is 1. The van der Waals surface area contributed by atoms with E-state index in [-0.39, 0.29) is 17.6 Å². The Hall–Kier alpha value is -1.98. The molecular formula is C21H25ClN2O2S. The minimum Gasteiger partial charge on any atom is -0.355 e. The number of amides is 2. The van der Waals surface area contributed by atoms with E-state index in [1.54, 1.807) is 17.0 Å². The van der Waals surface area contributed by atoms with Gasteiger partial charge in [-0.05, 0) is 43.2 Å². The third-order valence-electron chi connectivity index (χ3n) is 4.11. The molecule has 0 saturated heterocycles. The number of halogens is 1. The number of carbonyl (C=O) groups is 2. The van der Waals surface area contributed by atoms with Gasteiger partial charge in [0.25, 0.3) is 0 Å². The van der Waals surface area contributed by atoms with Gasteiger partial charge in [-0.3, -0.25) is 9.59 Å². The Labute approximate surface area is 170 Å². The van der Waals surface area contributed by atoms with Crippen molar-refractivity contribution in [3.05, 3.63) is 65.2 Å². The fraction of sp³-hybridized carbons (Fsp3) is 0.333. The third-order valence-corrected chi connectivity index (χ3v) is 5.36. The molecule has 2 rings (SSSR count). The van der Waals surface area contributed by atoms with Gasteiger partial charge in [0, 0.05) is 23.0 Å². The van der Waals surface area contributed by atoms with Crippen LogP contribution in [0.4, 0.5) is 0 Å². The summed E-state index contributed by atoms with van der Waals surface area (Å²) in [6.45, 7) is 4.76. The molecule has 0 heterocycles. The molecule has 0 aliphatic rings. The molecule has 1 N–H and O–H groups in total. The zero-order valence-electron chi connectivity index (χ0n) is 15.7. The number of hydrogen-bond donors (Lipinski definition) is 1. The van der Waals surface area contributed by atoms with Crippen molar-refractivity contribution in [3.63, 3.8) is 0 Å². The van der Waals surface area contributed by atoms with Crippen molar-refractivity contribution in [2.75, 3.05) is 12.3 Å². The predicted molar refractivity (Wildman–Crippen MR) is 112 cm³/mol. The van der Waals surface area contributed by atoms with Crippen LogP contribution in [0.3, 0.4) is 0 Å². The first kappa shape index (κ1) is 21.3. The van der Waals surface area contributed by atoms with E-state index in [2.05, 4.69) is 5.32 Å². The van der Waals surface area contributed by atoms with Gasteiger partial charge in [-0.2, -0.15) is 0 Å². The number of nitrogens with zero attached hydrogens (tertiary/aromatic N) is 1. The van der Waals surface area contributed by atoms with Crippen molar-refractivity contribution in [2.24, 2.45) is 0 Å². The number of benzene rings is 2. The van der Waals surface area contributed by atoms with Crippen LogP contribution in [-0.4, -0.2) is 35.1 Å². The van der Waals surface area contributed by atoms with Crippen molar-refractivity contribution < 1.29 is 9.59 Å². The van der Waals surface area contributed by atoms with Gasteiger partial charge in [-0.15, -0.1) is 11.8 Å². The van der Waals surface area contributed by atoms with Gasteiger partial charge in [0.1, 0.15) is 6.04 Å². The van der Waals surface area contributed by atoms with Crippen LogP contribution < -0.4 is 5.32 Å². The van der Waals surface area contributed by atoms with E-state index in [0.717, 1.165) is 10.5 Å². The summed E-state index contributed by atoms with van der Waals surface area (Å²) in [6, 6.07) is 16.7. The lowest BCUT2D eigenvalue weighted by Gasteiger charge is -2.30. The van der Waals surface area contributed by atoms with Crippen molar-refractivity contribution in [1.29, 1.82) is 0 Å². The molecule has 0 radical (unpaired) electrons. The molecule has 0 aromatic heterocycles. The van der Waals surface area contributed by atoms with Crippen molar-refractivity contribution in [2.45, 2.75) is 37.8 Å². The lowest BCUT2D eigenvalue weighted by molar-refractivity contribution is -0.139. The van der Waals surface area contributed by atoms with Gasteiger partial charge < -0.3 is 10.2 Å². The van der Waals surface area contributed by atoms with Crippen LogP contribution in [0.15, 0.2) is 59.5 Å². The molecule has 2 aromatic carbocycles. The molecule has 1 atom stereocenters. The van der Waals surface area contributed by atoms with E-state index < -0.39 is 6.04 Å². The van der Waals surface area contributed by atoms with E-state index in [4.69, 9.17) is 11.6 Å². The van der Waals surface area contributed by atoms with Crippen LogP contribution in [0, 0.1) is 0 Å². The molecule has 6 heteroatoms. The van der Waals surface area contributed by atoms with Gasteiger partial charge >= 0.3 is 0 Å². The van der Waals surface area contributed by atoms with Crippen molar-refractivity contribution >= 4 is 35.2 Å². The van der Waals surface area contributed by atoms with E-state index in [0.29, 0.717) is 24.5 Å². The molecule has 0 saturated carbocycles. The molecule has 1 unspecified atom stereocenters. The summed E-state index contributed by atoms with van der Waals surface area (Å²) in [7, 11) is 0. The normalized spacial score (nSPS) is 11.7. The largest absolute Gasteiger partial charge is 0.355 e. The van der Waals surface area contributed by atoms with E-state index >= 15 is 0 Å². The lowest BCUT2D eigenvalue weighted by atomic mass is 10.1. The Bertz CT molecular complexity index is 738. The second-order valence-corrected chi connectivity index (χ2v) is 7.55. The number of likely N-dealkylation sites (N-methyl/N-ethyl adjacent to an activating group) is 1. The minimum atomic E-state index is -0.483. The average Bonchev–Trinajstić information content (AvgIpc) is 2.68. The molecule has 0 spiro atoms. The number of hydrogen-bond acceptors (Lipinski definition) is 3. The highest BCUT2D eigenvalue weighted by Crippen LogP contribution is 2.22. The predicted octanol–water partition coefficient (Wildman–Crippen LogP) is 4.38. The van der Waals surface area contributed by atoms with Crippen LogP contribution >= 0.6 is 23.4 Å². The fourth-order valence-corrected chi connectivity index (χ4v) is 3.66. The van der Waals surface area contributed by atoms with Gasteiger partial charge in [-0.1, -0.05) is 48.9 Å². The molecule has 0 aliphatic heterocycles. The first-order chi connectivity index (χ1) is 13.0. The van der Waals surface area contributed by atoms with E-state index in [1.165, 1.54) is 11.8 Å². The van der Waals surface area contributed by atoms with Gasteiger partial charge in [0.15, 0.2) is 0 Å². The fourth-order valence-electron chi connectivity index (χ4n) is 2.75. The van der Waals surface area contributed by atoms with E-state index in [1.807, 2.05) is 56.3 Å². The zero-order valence-corrected chi connectivity index (χ0v) is 17.2. The first-order valence-corrected chi connectivity index (χ1v) is 10.4. The number of thioether (sulfide) groups is 1. The maximum atomic E-state index is 13.0. The number of rotatable bonds is 9. The second-order valence-electron chi connectivity index (χ2n) is 6.07. The SMILES string of the molecule is CCNC(=O)C(CC)N(Cc1ccccc1)C(=O)CSc1ccc(Cl)cc1. The van der Waals surface area contributed by atoms with Gasteiger partial charge in [0.2, 0.25) is 11.8 Å². The average molecular weight is 405 g/mol. The summed E-state index contributed by atoms with van der Waals surface area (Å²) in [5, 5.41) is 3.51. The Kier molecular flexibility index (Phi) is 8.69. The summed E-state index contributed by atoms with van der Waals surface area (Å²) in [6.07, 6.45) is 0.565. The molecule has 0 bridgehead atoms. The van der Waals surface area contributed by atoms with Crippen molar-refractivity contribution in [3.8, 4) is 0 Å². The quantitative estimate of drug-likeness (QED) is 0.631. The molecule has 2 amide bonds. The summed E-state index contributed by atoms with van der Waals surface area (Å²) >= 11 is 7.36. The van der Waals surface area contributed by atoms with Crippen LogP contribution in [0.1, 0.15) is 25.8 Å². The lowest BCUT2D eigenvalue weighted by Crippen LogP contribution is -2.49. The Balaban J connectivity index is 2.14. The first-order valence-electron chi connectivity index (χ1n) is 9.04. The molecule has 0 fully saturated rings. The topological polar surface area (TPSA) is 49.4 Å². The number of carbonyl (C=O) groups excluding carboxylic acids is 2. The Morgan fingerprint density at radius 1 is 1.07 bits per heavy atom. The second kappa shape index (κ2) is 11.0. The van der Waals surface area contributed by atoms with Crippen LogP contribution in [-0.2, 0) is 16.1 Å². The Morgan fingerprint density at radius 3 is 2.33 bits per heavy atom. The zero-order chi connectivity index (χ0) is 19.6. The van der Waals surface area contributed by atoms with Crippen LogP contribution in [0.5, 0.6) is 0 Å². The molecular weight excluding hydrogens is 380 g/mol.